The number of anilines is 1. The Labute approximate surface area is 134 Å². The summed E-state index contributed by atoms with van der Waals surface area (Å²) in [5.41, 5.74) is 4.83. The van der Waals surface area contributed by atoms with Gasteiger partial charge in [0.1, 0.15) is 0 Å². The number of carbonyl (C=O) groups excluding carboxylic acids is 1. The SMILES string of the molecule is O=C(Cc1ccccc1)NN(Cc1cccnc1)c1ncc[nH]1. The number of H-pyrrole nitrogens is 1. The minimum Gasteiger partial charge on any atom is -0.330 e. The molecule has 116 valence electrons. The number of hydrogen-bond donors (Lipinski definition) is 2. The number of benzene rings is 1. The summed E-state index contributed by atoms with van der Waals surface area (Å²) in [5.74, 6) is 0.478. The van der Waals surface area contributed by atoms with Gasteiger partial charge in [0, 0.05) is 24.8 Å². The summed E-state index contributed by atoms with van der Waals surface area (Å²) in [6.07, 6.45) is 7.16. The maximum absolute atomic E-state index is 12.3. The highest BCUT2D eigenvalue weighted by Crippen LogP contribution is 2.09. The summed E-state index contributed by atoms with van der Waals surface area (Å²) < 4.78 is 0. The third-order valence-electron chi connectivity index (χ3n) is 3.27. The molecule has 0 saturated heterocycles. The van der Waals surface area contributed by atoms with Gasteiger partial charge in [-0.25, -0.2) is 9.99 Å². The lowest BCUT2D eigenvalue weighted by atomic mass is 10.1. The summed E-state index contributed by atoms with van der Waals surface area (Å²) in [4.78, 5) is 23.6. The Kier molecular flexibility index (Phi) is 4.63. The lowest BCUT2D eigenvalue weighted by Crippen LogP contribution is -2.43. The Morgan fingerprint density at radius 2 is 1.91 bits per heavy atom. The van der Waals surface area contributed by atoms with Crippen molar-refractivity contribution in [3.63, 3.8) is 0 Å². The Morgan fingerprint density at radius 1 is 1.09 bits per heavy atom. The molecule has 0 aliphatic heterocycles. The van der Waals surface area contributed by atoms with Gasteiger partial charge in [-0.05, 0) is 17.2 Å². The molecule has 0 aliphatic rings. The van der Waals surface area contributed by atoms with Crippen LogP contribution in [0.4, 0.5) is 5.95 Å². The lowest BCUT2D eigenvalue weighted by molar-refractivity contribution is -0.120. The standard InChI is InChI=1S/C17H17N5O/c23-16(11-14-5-2-1-3-6-14)21-22(17-19-9-10-20-17)13-15-7-4-8-18-12-15/h1-10,12H,11,13H2,(H,19,20)(H,21,23). The Morgan fingerprint density at radius 3 is 2.61 bits per heavy atom. The van der Waals surface area contributed by atoms with Crippen LogP contribution in [-0.4, -0.2) is 20.9 Å². The first-order valence-electron chi connectivity index (χ1n) is 7.30. The van der Waals surface area contributed by atoms with Crippen LogP contribution >= 0.6 is 0 Å². The average Bonchev–Trinajstić information content (AvgIpc) is 3.10. The van der Waals surface area contributed by atoms with E-state index >= 15 is 0 Å². The molecule has 2 N–H and O–H groups in total. The number of nitrogens with zero attached hydrogens (tertiary/aromatic N) is 3. The molecule has 0 unspecified atom stereocenters. The summed E-state index contributed by atoms with van der Waals surface area (Å²) in [5, 5.41) is 1.68. The first kappa shape index (κ1) is 14.8. The summed E-state index contributed by atoms with van der Waals surface area (Å²) in [6.45, 7) is 0.474. The fraction of sp³-hybridized carbons (Fsp3) is 0.118. The minimum atomic E-state index is -0.100. The molecule has 23 heavy (non-hydrogen) atoms. The van der Waals surface area contributed by atoms with Gasteiger partial charge in [0.2, 0.25) is 11.9 Å². The van der Waals surface area contributed by atoms with E-state index in [1.807, 2.05) is 42.5 Å². The molecule has 0 fully saturated rings. The maximum Gasteiger partial charge on any atom is 0.243 e. The van der Waals surface area contributed by atoms with Crippen LogP contribution in [0.3, 0.4) is 0 Å². The topological polar surface area (TPSA) is 73.9 Å². The molecule has 2 heterocycles. The van der Waals surface area contributed by atoms with E-state index in [1.165, 1.54) is 0 Å². The molecule has 6 heteroatoms. The first-order valence-corrected chi connectivity index (χ1v) is 7.30. The van der Waals surface area contributed by atoms with Crippen LogP contribution < -0.4 is 10.4 Å². The molecule has 1 aromatic carbocycles. The normalized spacial score (nSPS) is 10.3. The van der Waals surface area contributed by atoms with Crippen molar-refractivity contribution < 1.29 is 4.79 Å². The van der Waals surface area contributed by atoms with Crippen LogP contribution in [0.2, 0.25) is 0 Å². The molecule has 0 atom stereocenters. The molecule has 0 aliphatic carbocycles. The van der Waals surface area contributed by atoms with Crippen molar-refractivity contribution >= 4 is 11.9 Å². The largest absolute Gasteiger partial charge is 0.330 e. The zero-order valence-corrected chi connectivity index (χ0v) is 12.5. The van der Waals surface area contributed by atoms with E-state index in [1.54, 1.807) is 29.8 Å². The molecular weight excluding hydrogens is 290 g/mol. The fourth-order valence-corrected chi connectivity index (χ4v) is 2.22. The van der Waals surface area contributed by atoms with Crippen LogP contribution in [-0.2, 0) is 17.8 Å². The van der Waals surface area contributed by atoms with Crippen LogP contribution in [0, 0.1) is 0 Å². The van der Waals surface area contributed by atoms with Crippen molar-refractivity contribution in [1.29, 1.82) is 0 Å². The van der Waals surface area contributed by atoms with Crippen molar-refractivity contribution in [2.24, 2.45) is 0 Å². The number of aromatic amines is 1. The molecule has 6 nitrogen and oxygen atoms in total. The van der Waals surface area contributed by atoms with Crippen molar-refractivity contribution in [2.45, 2.75) is 13.0 Å². The highest BCUT2D eigenvalue weighted by atomic mass is 16.2. The Hall–Kier alpha value is -3.15. The summed E-state index contributed by atoms with van der Waals surface area (Å²) in [7, 11) is 0. The van der Waals surface area contributed by atoms with E-state index in [-0.39, 0.29) is 5.91 Å². The van der Waals surface area contributed by atoms with E-state index in [9.17, 15) is 4.79 Å². The van der Waals surface area contributed by atoms with Crippen LogP contribution in [0.25, 0.3) is 0 Å². The van der Waals surface area contributed by atoms with Gasteiger partial charge >= 0.3 is 0 Å². The quantitative estimate of drug-likeness (QED) is 0.684. The predicted octanol–water partition coefficient (Wildman–Crippen LogP) is 2.09. The third kappa shape index (κ3) is 4.16. The van der Waals surface area contributed by atoms with Crippen molar-refractivity contribution in [2.75, 3.05) is 5.01 Å². The number of hydrogen-bond acceptors (Lipinski definition) is 4. The Bertz CT molecular complexity index is 728. The third-order valence-corrected chi connectivity index (χ3v) is 3.27. The molecule has 1 amide bonds. The van der Waals surface area contributed by atoms with E-state index in [0.717, 1.165) is 11.1 Å². The minimum absolute atomic E-state index is 0.100. The monoisotopic (exact) mass is 307 g/mol. The molecule has 0 saturated carbocycles. The highest BCUT2D eigenvalue weighted by molar-refractivity contribution is 5.79. The van der Waals surface area contributed by atoms with Gasteiger partial charge in [0.15, 0.2) is 0 Å². The van der Waals surface area contributed by atoms with Crippen molar-refractivity contribution in [3.05, 3.63) is 78.4 Å². The average molecular weight is 307 g/mol. The first-order chi connectivity index (χ1) is 11.3. The van der Waals surface area contributed by atoms with Crippen molar-refractivity contribution in [1.82, 2.24) is 20.4 Å². The molecule has 2 aromatic heterocycles. The number of imidazole rings is 1. The number of nitrogens with one attached hydrogen (secondary N) is 2. The van der Waals surface area contributed by atoms with Crippen LogP contribution in [0.1, 0.15) is 11.1 Å². The number of rotatable bonds is 6. The molecule has 0 spiro atoms. The molecule has 3 rings (SSSR count). The second kappa shape index (κ2) is 7.22. The Balaban J connectivity index is 1.70. The number of amides is 1. The van der Waals surface area contributed by atoms with Gasteiger partial charge in [-0.3, -0.25) is 15.2 Å². The zero-order valence-electron chi connectivity index (χ0n) is 12.5. The predicted molar refractivity (Wildman–Crippen MR) is 87.3 cm³/mol. The zero-order chi connectivity index (χ0) is 15.9. The van der Waals surface area contributed by atoms with Gasteiger partial charge in [-0.1, -0.05) is 36.4 Å². The van der Waals surface area contributed by atoms with Gasteiger partial charge < -0.3 is 4.98 Å². The molecular formula is C17H17N5O. The second-order valence-corrected chi connectivity index (χ2v) is 5.06. The number of pyridine rings is 1. The van der Waals surface area contributed by atoms with Crippen molar-refractivity contribution in [3.8, 4) is 0 Å². The number of hydrazine groups is 1. The van der Waals surface area contributed by atoms with Gasteiger partial charge in [0.05, 0.1) is 13.0 Å². The van der Waals surface area contributed by atoms with Crippen LogP contribution in [0.5, 0.6) is 0 Å². The number of carbonyl (C=O) groups is 1. The molecule has 0 radical (unpaired) electrons. The van der Waals surface area contributed by atoms with E-state index in [0.29, 0.717) is 18.9 Å². The van der Waals surface area contributed by atoms with Gasteiger partial charge in [-0.15, -0.1) is 0 Å². The van der Waals surface area contributed by atoms with Gasteiger partial charge in [0.25, 0.3) is 0 Å². The summed E-state index contributed by atoms with van der Waals surface area (Å²) >= 11 is 0. The molecule has 3 aromatic rings. The van der Waals surface area contributed by atoms with Gasteiger partial charge in [-0.2, -0.15) is 0 Å². The fourth-order valence-electron chi connectivity index (χ4n) is 2.22. The van der Waals surface area contributed by atoms with Crippen LogP contribution in [0.15, 0.2) is 67.3 Å². The number of aromatic nitrogens is 3. The molecule has 0 bridgehead atoms. The van der Waals surface area contributed by atoms with E-state index in [4.69, 9.17) is 0 Å². The highest BCUT2D eigenvalue weighted by Gasteiger charge is 2.13. The second-order valence-electron chi connectivity index (χ2n) is 5.06. The van der Waals surface area contributed by atoms with E-state index < -0.39 is 0 Å². The van der Waals surface area contributed by atoms with E-state index in [2.05, 4.69) is 20.4 Å². The summed E-state index contributed by atoms with van der Waals surface area (Å²) in [6, 6.07) is 13.4. The smallest absolute Gasteiger partial charge is 0.243 e. The maximum atomic E-state index is 12.3. The lowest BCUT2D eigenvalue weighted by Gasteiger charge is -2.22.